The lowest BCUT2D eigenvalue weighted by molar-refractivity contribution is -0.139. The molecule has 1 saturated heterocycles. The van der Waals surface area contributed by atoms with Crippen LogP contribution < -0.4 is 0 Å². The Balaban J connectivity index is 2.23. The zero-order valence-corrected chi connectivity index (χ0v) is 11.1. The summed E-state index contributed by atoms with van der Waals surface area (Å²) in [5, 5.41) is 9.11. The summed E-state index contributed by atoms with van der Waals surface area (Å²) in [6, 6.07) is 4.02. The Morgan fingerprint density at radius 3 is 2.53 bits per heavy atom. The molecule has 0 atom stereocenters. The summed E-state index contributed by atoms with van der Waals surface area (Å²) in [4.78, 5) is 0.233. The zero-order valence-electron chi connectivity index (χ0n) is 10.2. The van der Waals surface area contributed by atoms with E-state index in [0.29, 0.717) is 13.2 Å². The van der Waals surface area contributed by atoms with Gasteiger partial charge in [0.2, 0.25) is 0 Å². The van der Waals surface area contributed by atoms with Gasteiger partial charge in [0.1, 0.15) is 0 Å². The van der Waals surface area contributed by atoms with Crippen LogP contribution in [0.5, 0.6) is 0 Å². The third-order valence-electron chi connectivity index (χ3n) is 2.99. The molecule has 106 valence electrons. The number of thioether (sulfide) groups is 1. The first-order chi connectivity index (χ1) is 9.00. The molecule has 0 unspecified atom stereocenters. The highest BCUT2D eigenvalue weighted by Gasteiger charge is 2.34. The fourth-order valence-corrected chi connectivity index (χ4v) is 3.21. The van der Waals surface area contributed by atoms with Crippen LogP contribution in [0.25, 0.3) is 0 Å². The Morgan fingerprint density at radius 1 is 1.26 bits per heavy atom. The van der Waals surface area contributed by atoms with Crippen LogP contribution in [0.4, 0.5) is 13.2 Å². The number of aliphatic hydroxyl groups excluding tert-OH is 1. The highest BCUT2D eigenvalue weighted by atomic mass is 32.2. The van der Waals surface area contributed by atoms with Crippen LogP contribution in [0.2, 0.25) is 0 Å². The third kappa shape index (κ3) is 3.87. The van der Waals surface area contributed by atoms with Gasteiger partial charge in [-0.3, -0.25) is 0 Å². The van der Waals surface area contributed by atoms with Crippen LogP contribution in [0.1, 0.15) is 24.0 Å². The number of benzene rings is 1. The Bertz CT molecular complexity index is 428. The summed E-state index contributed by atoms with van der Waals surface area (Å²) >= 11 is 1.26. The maximum atomic E-state index is 13.0. The van der Waals surface area contributed by atoms with Crippen molar-refractivity contribution >= 4 is 11.8 Å². The number of halogens is 3. The molecule has 0 spiro atoms. The van der Waals surface area contributed by atoms with Crippen molar-refractivity contribution in [1.29, 1.82) is 0 Å². The van der Waals surface area contributed by atoms with Gasteiger partial charge in [-0.15, -0.1) is 11.8 Å². The second-order valence-electron chi connectivity index (χ2n) is 4.42. The number of hydrogen-bond acceptors (Lipinski definition) is 3. The van der Waals surface area contributed by atoms with E-state index < -0.39 is 11.7 Å². The molecule has 2 nitrogen and oxygen atoms in total. The van der Waals surface area contributed by atoms with E-state index in [-0.39, 0.29) is 22.3 Å². The average molecular weight is 292 g/mol. The third-order valence-corrected chi connectivity index (χ3v) is 4.41. The molecular weight excluding hydrogens is 277 g/mol. The first kappa shape index (κ1) is 14.7. The molecule has 0 saturated carbocycles. The van der Waals surface area contributed by atoms with E-state index in [1.165, 1.54) is 23.9 Å². The SMILES string of the molecule is OCc1ccc(SC2CCOCC2)c(C(F)(F)F)c1. The van der Waals surface area contributed by atoms with Gasteiger partial charge in [0.15, 0.2) is 0 Å². The van der Waals surface area contributed by atoms with Crippen LogP contribution in [0.3, 0.4) is 0 Å². The van der Waals surface area contributed by atoms with E-state index in [1.54, 1.807) is 0 Å². The van der Waals surface area contributed by atoms with Crippen LogP contribution in [0, 0.1) is 0 Å². The van der Waals surface area contributed by atoms with Crippen LogP contribution in [0.15, 0.2) is 23.1 Å². The van der Waals surface area contributed by atoms with Gasteiger partial charge >= 0.3 is 6.18 Å². The van der Waals surface area contributed by atoms with Crippen molar-refractivity contribution in [1.82, 2.24) is 0 Å². The fourth-order valence-electron chi connectivity index (χ4n) is 1.97. The second kappa shape index (κ2) is 6.15. The molecule has 19 heavy (non-hydrogen) atoms. The first-order valence-electron chi connectivity index (χ1n) is 6.06. The topological polar surface area (TPSA) is 29.5 Å². The molecule has 0 radical (unpaired) electrons. The highest BCUT2D eigenvalue weighted by molar-refractivity contribution is 8.00. The quantitative estimate of drug-likeness (QED) is 0.925. The molecule has 0 aromatic heterocycles. The Hall–Kier alpha value is -0.720. The van der Waals surface area contributed by atoms with Crippen molar-refractivity contribution in [2.75, 3.05) is 13.2 Å². The van der Waals surface area contributed by atoms with Gasteiger partial charge in [0, 0.05) is 23.4 Å². The van der Waals surface area contributed by atoms with Gasteiger partial charge in [-0.2, -0.15) is 13.2 Å². The van der Waals surface area contributed by atoms with E-state index in [0.717, 1.165) is 18.9 Å². The molecule has 0 bridgehead atoms. The van der Waals surface area contributed by atoms with Crippen LogP contribution in [-0.4, -0.2) is 23.6 Å². The molecule has 2 rings (SSSR count). The standard InChI is InChI=1S/C13H15F3O2S/c14-13(15,16)11-7-9(8-17)1-2-12(11)19-10-3-5-18-6-4-10/h1-2,7,10,17H,3-6,8H2. The number of hydrogen-bond donors (Lipinski definition) is 1. The maximum absolute atomic E-state index is 13.0. The Kier molecular flexibility index (Phi) is 4.76. The van der Waals surface area contributed by atoms with Gasteiger partial charge in [0.25, 0.3) is 0 Å². The summed E-state index contributed by atoms with van der Waals surface area (Å²) < 4.78 is 44.2. The van der Waals surface area contributed by atoms with E-state index in [1.807, 2.05) is 0 Å². The molecule has 1 heterocycles. The second-order valence-corrected chi connectivity index (χ2v) is 5.76. The lowest BCUT2D eigenvalue weighted by Crippen LogP contribution is -2.18. The van der Waals surface area contributed by atoms with Crippen LogP contribution in [-0.2, 0) is 17.5 Å². The molecule has 1 aromatic rings. The molecular formula is C13H15F3O2S. The number of ether oxygens (including phenoxy) is 1. The van der Waals surface area contributed by atoms with E-state index in [9.17, 15) is 13.2 Å². The largest absolute Gasteiger partial charge is 0.417 e. The lowest BCUT2D eigenvalue weighted by Gasteiger charge is -2.23. The molecule has 1 aliphatic rings. The summed E-state index contributed by atoms with van der Waals surface area (Å²) in [6.45, 7) is 0.826. The summed E-state index contributed by atoms with van der Waals surface area (Å²) in [5.41, 5.74) is -0.376. The highest BCUT2D eigenvalue weighted by Crippen LogP contribution is 2.40. The van der Waals surface area contributed by atoms with Crippen molar-refractivity contribution < 1.29 is 23.0 Å². The number of alkyl halides is 3. The zero-order chi connectivity index (χ0) is 13.9. The molecule has 0 aliphatic carbocycles. The van der Waals surface area contributed by atoms with E-state index >= 15 is 0 Å². The fraction of sp³-hybridized carbons (Fsp3) is 0.538. The molecule has 1 aliphatic heterocycles. The van der Waals surface area contributed by atoms with Crippen molar-refractivity contribution in [3.05, 3.63) is 29.3 Å². The minimum atomic E-state index is -4.39. The number of aliphatic hydroxyl groups is 1. The Morgan fingerprint density at radius 2 is 1.95 bits per heavy atom. The van der Waals surface area contributed by atoms with Crippen molar-refractivity contribution in [2.24, 2.45) is 0 Å². The van der Waals surface area contributed by atoms with Crippen molar-refractivity contribution in [3.63, 3.8) is 0 Å². The summed E-state index contributed by atoms with van der Waals surface area (Å²) in [6.07, 6.45) is -2.86. The van der Waals surface area contributed by atoms with E-state index in [4.69, 9.17) is 9.84 Å². The predicted octanol–water partition coefficient (Wildman–Crippen LogP) is 3.47. The first-order valence-corrected chi connectivity index (χ1v) is 6.94. The van der Waals surface area contributed by atoms with Crippen molar-refractivity contribution in [3.8, 4) is 0 Å². The van der Waals surface area contributed by atoms with Gasteiger partial charge in [-0.1, -0.05) is 6.07 Å². The van der Waals surface area contributed by atoms with Crippen molar-refractivity contribution in [2.45, 2.75) is 35.8 Å². The van der Waals surface area contributed by atoms with E-state index in [2.05, 4.69) is 0 Å². The average Bonchev–Trinajstić information content (AvgIpc) is 2.39. The van der Waals surface area contributed by atoms with Gasteiger partial charge in [0.05, 0.1) is 12.2 Å². The van der Waals surface area contributed by atoms with Crippen LogP contribution >= 0.6 is 11.8 Å². The Labute approximate surface area is 114 Å². The molecule has 0 amide bonds. The normalized spacial score (nSPS) is 17.7. The minimum Gasteiger partial charge on any atom is -0.392 e. The summed E-state index contributed by atoms with van der Waals surface area (Å²) in [7, 11) is 0. The van der Waals surface area contributed by atoms with Gasteiger partial charge < -0.3 is 9.84 Å². The van der Waals surface area contributed by atoms with Gasteiger partial charge in [-0.05, 0) is 30.5 Å². The van der Waals surface area contributed by atoms with Gasteiger partial charge in [-0.25, -0.2) is 0 Å². The predicted molar refractivity (Wildman–Crippen MR) is 67.1 cm³/mol. The monoisotopic (exact) mass is 292 g/mol. The molecule has 1 N–H and O–H groups in total. The molecule has 6 heteroatoms. The smallest absolute Gasteiger partial charge is 0.392 e. The molecule has 1 fully saturated rings. The minimum absolute atomic E-state index is 0.162. The summed E-state index contributed by atoms with van der Waals surface area (Å²) in [5.74, 6) is 0. The molecule has 1 aromatic carbocycles. The lowest BCUT2D eigenvalue weighted by atomic mass is 10.1. The maximum Gasteiger partial charge on any atom is 0.417 e. The number of rotatable bonds is 3.